The average molecular weight is 173 g/mol. The van der Waals surface area contributed by atoms with Crippen molar-refractivity contribution in [3.05, 3.63) is 11.3 Å². The molecular formula is C8H15NOS. The Morgan fingerprint density at radius 2 is 2.00 bits per heavy atom. The summed E-state index contributed by atoms with van der Waals surface area (Å²) in [7, 11) is 1.56. The molecule has 0 amide bonds. The first kappa shape index (κ1) is 10.4. The smallest absolute Gasteiger partial charge is 0.260 e. The maximum Gasteiger partial charge on any atom is 0.260 e. The Kier molecular flexibility index (Phi) is 4.86. The molecule has 0 aliphatic heterocycles. The third-order valence-electron chi connectivity index (χ3n) is 1.65. The van der Waals surface area contributed by atoms with Crippen LogP contribution in [0.1, 0.15) is 27.2 Å². The van der Waals surface area contributed by atoms with Crippen LogP contribution in [0.4, 0.5) is 0 Å². The van der Waals surface area contributed by atoms with Gasteiger partial charge in [0.05, 0.1) is 7.11 Å². The number of allylic oxidation sites excluding steroid dienone is 2. The molecule has 2 nitrogen and oxygen atoms in total. The van der Waals surface area contributed by atoms with Crippen molar-refractivity contribution in [1.29, 1.82) is 0 Å². The molecule has 0 aliphatic rings. The van der Waals surface area contributed by atoms with Crippen LogP contribution in [0.25, 0.3) is 0 Å². The average Bonchev–Trinajstić information content (AvgIpc) is 2.02. The third-order valence-corrected chi connectivity index (χ3v) is 1.91. The molecule has 0 atom stereocenters. The minimum Gasteiger partial charge on any atom is -0.474 e. The van der Waals surface area contributed by atoms with Gasteiger partial charge in [0.25, 0.3) is 5.17 Å². The normalized spacial score (nSPS) is 12.0. The summed E-state index contributed by atoms with van der Waals surface area (Å²) in [6.45, 7) is 6.17. The van der Waals surface area contributed by atoms with E-state index in [-0.39, 0.29) is 0 Å². The molecule has 0 fully saturated rings. The zero-order valence-electron chi connectivity index (χ0n) is 7.52. The lowest BCUT2D eigenvalue weighted by atomic mass is 10.2. The predicted octanol–water partition coefficient (Wildman–Crippen LogP) is 2.21. The fourth-order valence-electron chi connectivity index (χ4n) is 0.576. The number of methoxy groups -OCH3 is 1. The number of ether oxygens (including phenoxy) is 1. The van der Waals surface area contributed by atoms with Gasteiger partial charge in [-0.25, -0.2) is 0 Å². The number of thiocarbonyl (C=S) groups is 1. The first-order valence-electron chi connectivity index (χ1n) is 3.63. The number of rotatable bonds is 2. The van der Waals surface area contributed by atoms with Crippen molar-refractivity contribution in [2.24, 2.45) is 0 Å². The van der Waals surface area contributed by atoms with Crippen molar-refractivity contribution < 1.29 is 4.74 Å². The summed E-state index contributed by atoms with van der Waals surface area (Å²) < 4.78 is 4.80. The van der Waals surface area contributed by atoms with Gasteiger partial charge in [-0.3, -0.25) is 0 Å². The van der Waals surface area contributed by atoms with Gasteiger partial charge in [-0.2, -0.15) is 0 Å². The molecule has 0 bridgehead atoms. The molecule has 0 heterocycles. The second-order valence-electron chi connectivity index (χ2n) is 2.38. The monoisotopic (exact) mass is 173 g/mol. The summed E-state index contributed by atoms with van der Waals surface area (Å²) in [4.78, 5) is 0. The van der Waals surface area contributed by atoms with Crippen LogP contribution in [-0.2, 0) is 4.74 Å². The topological polar surface area (TPSA) is 21.3 Å². The summed E-state index contributed by atoms with van der Waals surface area (Å²) in [5.41, 5.74) is 2.38. The molecule has 3 heteroatoms. The largest absolute Gasteiger partial charge is 0.474 e. The van der Waals surface area contributed by atoms with Crippen molar-refractivity contribution >= 4 is 17.4 Å². The summed E-state index contributed by atoms with van der Waals surface area (Å²) in [5.74, 6) is 0. The Balaban J connectivity index is 4.05. The maximum atomic E-state index is 4.83. The molecule has 0 saturated carbocycles. The number of hydrogen-bond donors (Lipinski definition) is 1. The van der Waals surface area contributed by atoms with Gasteiger partial charge >= 0.3 is 0 Å². The Morgan fingerprint density at radius 1 is 1.45 bits per heavy atom. The van der Waals surface area contributed by atoms with Crippen molar-refractivity contribution in [3.63, 3.8) is 0 Å². The Hall–Kier alpha value is -0.570. The van der Waals surface area contributed by atoms with Crippen LogP contribution in [0.15, 0.2) is 11.3 Å². The van der Waals surface area contributed by atoms with Crippen LogP contribution >= 0.6 is 12.2 Å². The highest BCUT2D eigenvalue weighted by molar-refractivity contribution is 7.80. The zero-order valence-corrected chi connectivity index (χ0v) is 8.34. The van der Waals surface area contributed by atoms with Crippen LogP contribution in [0.2, 0.25) is 0 Å². The van der Waals surface area contributed by atoms with E-state index in [0.717, 1.165) is 12.1 Å². The van der Waals surface area contributed by atoms with E-state index in [2.05, 4.69) is 19.2 Å². The van der Waals surface area contributed by atoms with E-state index in [1.165, 1.54) is 5.57 Å². The van der Waals surface area contributed by atoms with Gasteiger partial charge < -0.3 is 10.1 Å². The molecule has 0 aliphatic carbocycles. The second kappa shape index (κ2) is 5.13. The summed E-state index contributed by atoms with van der Waals surface area (Å²) in [6, 6.07) is 0. The van der Waals surface area contributed by atoms with Crippen LogP contribution in [0.5, 0.6) is 0 Å². The molecule has 0 rings (SSSR count). The van der Waals surface area contributed by atoms with E-state index < -0.39 is 0 Å². The van der Waals surface area contributed by atoms with Gasteiger partial charge in [0.1, 0.15) is 0 Å². The van der Waals surface area contributed by atoms with Crippen LogP contribution in [0.3, 0.4) is 0 Å². The Labute approximate surface area is 73.6 Å². The first-order valence-corrected chi connectivity index (χ1v) is 4.04. The van der Waals surface area contributed by atoms with Gasteiger partial charge in [0, 0.05) is 5.70 Å². The van der Waals surface area contributed by atoms with Crippen molar-refractivity contribution in [1.82, 2.24) is 5.32 Å². The summed E-state index contributed by atoms with van der Waals surface area (Å²) in [5, 5.41) is 3.40. The van der Waals surface area contributed by atoms with E-state index in [9.17, 15) is 0 Å². The molecule has 0 radical (unpaired) electrons. The lowest BCUT2D eigenvalue weighted by molar-refractivity contribution is 0.398. The zero-order chi connectivity index (χ0) is 8.85. The lowest BCUT2D eigenvalue weighted by Crippen LogP contribution is -2.21. The molecule has 0 unspecified atom stereocenters. The van der Waals surface area contributed by atoms with Gasteiger partial charge in [0.2, 0.25) is 0 Å². The van der Waals surface area contributed by atoms with E-state index >= 15 is 0 Å². The SMILES string of the molecule is CC/C(C)=C(\C)NC(=S)OC. The van der Waals surface area contributed by atoms with Crippen LogP contribution < -0.4 is 5.32 Å². The van der Waals surface area contributed by atoms with Crippen LogP contribution in [0, 0.1) is 0 Å². The van der Waals surface area contributed by atoms with E-state index in [1.54, 1.807) is 7.11 Å². The fraction of sp³-hybridized carbons (Fsp3) is 0.625. The molecule has 0 aromatic carbocycles. The fourth-order valence-corrected chi connectivity index (χ4v) is 0.729. The molecule has 0 aromatic rings. The van der Waals surface area contributed by atoms with Gasteiger partial charge in [0.15, 0.2) is 0 Å². The first-order chi connectivity index (χ1) is 5.11. The molecule has 0 spiro atoms. The van der Waals surface area contributed by atoms with Crippen LogP contribution in [-0.4, -0.2) is 12.3 Å². The maximum absolute atomic E-state index is 4.83. The molecule has 64 valence electrons. The highest BCUT2D eigenvalue weighted by atomic mass is 32.1. The van der Waals surface area contributed by atoms with Crippen molar-refractivity contribution in [2.75, 3.05) is 7.11 Å². The predicted molar refractivity (Wildman–Crippen MR) is 51.4 cm³/mol. The molecular weight excluding hydrogens is 158 g/mol. The molecule has 0 saturated heterocycles. The highest BCUT2D eigenvalue weighted by Crippen LogP contribution is 2.03. The number of hydrogen-bond acceptors (Lipinski definition) is 2. The van der Waals surface area contributed by atoms with Gasteiger partial charge in [-0.15, -0.1) is 0 Å². The summed E-state index contributed by atoms with van der Waals surface area (Å²) in [6.07, 6.45) is 1.03. The third kappa shape index (κ3) is 3.98. The molecule has 11 heavy (non-hydrogen) atoms. The standard InChI is InChI=1S/C8H15NOS/c1-5-6(2)7(3)9-8(11)10-4/h5H2,1-4H3,(H,9,11)/b7-6+. The van der Waals surface area contributed by atoms with Gasteiger partial charge in [-0.05, 0) is 32.5 Å². The van der Waals surface area contributed by atoms with E-state index in [1.807, 2.05) is 6.92 Å². The van der Waals surface area contributed by atoms with Crippen molar-refractivity contribution in [3.8, 4) is 0 Å². The van der Waals surface area contributed by atoms with E-state index in [4.69, 9.17) is 17.0 Å². The van der Waals surface area contributed by atoms with Gasteiger partial charge in [-0.1, -0.05) is 12.5 Å². The minimum absolute atomic E-state index is 0.426. The lowest BCUT2D eigenvalue weighted by Gasteiger charge is -2.08. The quantitative estimate of drug-likeness (QED) is 0.647. The Bertz CT molecular complexity index is 175. The Morgan fingerprint density at radius 3 is 2.36 bits per heavy atom. The summed E-state index contributed by atoms with van der Waals surface area (Å²) >= 11 is 4.83. The second-order valence-corrected chi connectivity index (χ2v) is 2.75. The van der Waals surface area contributed by atoms with E-state index in [0.29, 0.717) is 5.17 Å². The minimum atomic E-state index is 0.426. The van der Waals surface area contributed by atoms with Crippen molar-refractivity contribution in [2.45, 2.75) is 27.2 Å². The molecule has 0 aromatic heterocycles. The molecule has 1 N–H and O–H groups in total. The highest BCUT2D eigenvalue weighted by Gasteiger charge is 1.96. The number of nitrogens with one attached hydrogen (secondary N) is 1.